The van der Waals surface area contributed by atoms with Crippen LogP contribution < -0.4 is 10.0 Å². The molecule has 0 aliphatic carbocycles. The molecule has 5 nitrogen and oxygen atoms in total. The van der Waals surface area contributed by atoms with Crippen LogP contribution in [-0.4, -0.2) is 14.5 Å². The van der Waals surface area contributed by atoms with E-state index in [9.17, 15) is 4.55 Å². The van der Waals surface area contributed by atoms with Gasteiger partial charge in [-0.1, -0.05) is 48.0 Å². The lowest BCUT2D eigenvalue weighted by atomic mass is 10.2. The minimum atomic E-state index is -1.45. The van der Waals surface area contributed by atoms with Crippen molar-refractivity contribution in [3.63, 3.8) is 0 Å². The molecule has 2 N–H and O–H groups in total. The summed E-state index contributed by atoms with van der Waals surface area (Å²) in [6.07, 6.45) is 0. The second-order valence-corrected chi connectivity index (χ2v) is 7.75. The maximum Gasteiger partial charge on any atom is 0.214 e. The first-order valence-electron chi connectivity index (χ1n) is 8.95. The van der Waals surface area contributed by atoms with Crippen LogP contribution in [-0.2, 0) is 11.4 Å². The van der Waals surface area contributed by atoms with Gasteiger partial charge in [0.2, 0.25) is 5.82 Å². The summed E-state index contributed by atoms with van der Waals surface area (Å²) in [5.41, 5.74) is 4.64. The van der Waals surface area contributed by atoms with Gasteiger partial charge in [0.25, 0.3) is 0 Å². The molecule has 4 rings (SSSR count). The zero-order valence-electron chi connectivity index (χ0n) is 15.6. The molecule has 0 radical (unpaired) electrons. The van der Waals surface area contributed by atoms with Gasteiger partial charge in [0.15, 0.2) is 10.7 Å². The largest absolute Gasteiger partial charge is 0.588 e. The minimum Gasteiger partial charge on any atom is -0.588 e. The third-order valence-corrected chi connectivity index (χ3v) is 5.47. The highest BCUT2D eigenvalue weighted by molar-refractivity contribution is 7.92. The fraction of sp³-hybridized carbons (Fsp3) is 0.0909. The van der Waals surface area contributed by atoms with Crippen LogP contribution in [0.25, 0.3) is 11.0 Å². The average Bonchev–Trinajstić information content (AvgIpc) is 2.70. The van der Waals surface area contributed by atoms with E-state index in [4.69, 9.17) is 4.98 Å². The van der Waals surface area contributed by atoms with Crippen molar-refractivity contribution in [2.24, 2.45) is 0 Å². The van der Waals surface area contributed by atoms with Gasteiger partial charge in [0.05, 0.1) is 11.0 Å². The molecule has 1 atom stereocenters. The van der Waals surface area contributed by atoms with Gasteiger partial charge in [-0.15, -0.1) is 0 Å². The van der Waals surface area contributed by atoms with Crippen molar-refractivity contribution in [3.05, 3.63) is 83.9 Å². The fourth-order valence-corrected chi connectivity index (χ4v) is 3.63. The Bertz CT molecular complexity index is 1120. The van der Waals surface area contributed by atoms with E-state index in [1.54, 1.807) is 0 Å². The Morgan fingerprint density at radius 3 is 2.04 bits per heavy atom. The van der Waals surface area contributed by atoms with Crippen molar-refractivity contribution < 1.29 is 4.55 Å². The molecule has 4 aromatic rings. The van der Waals surface area contributed by atoms with Gasteiger partial charge in [-0.25, -0.2) is 9.97 Å². The predicted octanol–water partition coefficient (Wildman–Crippen LogP) is 5.12. The first-order valence-corrected chi connectivity index (χ1v) is 10.1. The second kappa shape index (κ2) is 7.88. The maximum atomic E-state index is 12.8. The van der Waals surface area contributed by atoms with Gasteiger partial charge >= 0.3 is 0 Å². The Labute approximate surface area is 167 Å². The van der Waals surface area contributed by atoms with Crippen molar-refractivity contribution in [2.75, 3.05) is 10.0 Å². The normalized spacial score (nSPS) is 12.0. The molecule has 0 saturated carbocycles. The number of nitrogens with one attached hydrogen (secondary N) is 2. The molecule has 28 heavy (non-hydrogen) atoms. The Balaban J connectivity index is 1.72. The van der Waals surface area contributed by atoms with E-state index in [1.807, 2.05) is 86.6 Å². The highest BCUT2D eigenvalue weighted by Crippen LogP contribution is 2.28. The number of nitrogens with zero attached hydrogens (tertiary/aromatic N) is 2. The average molecular weight is 388 g/mol. The molecule has 6 heteroatoms. The number of fused-ring (bicyclic) bond motifs is 1. The second-order valence-electron chi connectivity index (χ2n) is 6.53. The summed E-state index contributed by atoms with van der Waals surface area (Å²) in [6, 6.07) is 23.1. The molecule has 1 heterocycles. The van der Waals surface area contributed by atoms with E-state index < -0.39 is 11.4 Å². The van der Waals surface area contributed by atoms with E-state index in [-0.39, 0.29) is 0 Å². The lowest BCUT2D eigenvalue weighted by Gasteiger charge is -2.16. The third kappa shape index (κ3) is 3.93. The topological polar surface area (TPSA) is 72.9 Å². The van der Waals surface area contributed by atoms with Gasteiger partial charge in [0, 0.05) is 5.69 Å². The van der Waals surface area contributed by atoms with Crippen LogP contribution in [0.4, 0.5) is 17.3 Å². The Hall–Kier alpha value is -3.09. The van der Waals surface area contributed by atoms with Crippen LogP contribution in [0.5, 0.6) is 0 Å². The molecule has 0 saturated heterocycles. The Kier molecular flexibility index (Phi) is 5.14. The summed E-state index contributed by atoms with van der Waals surface area (Å²) >= 11 is -1.45. The molecule has 0 amide bonds. The number of anilines is 3. The number of aromatic nitrogens is 2. The molecule has 0 aliphatic heterocycles. The van der Waals surface area contributed by atoms with Gasteiger partial charge in [-0.2, -0.15) is 4.72 Å². The Morgan fingerprint density at radius 2 is 1.36 bits per heavy atom. The number of hydrogen-bond acceptors (Lipinski definition) is 5. The van der Waals surface area contributed by atoms with Crippen LogP contribution in [0.1, 0.15) is 11.1 Å². The highest BCUT2D eigenvalue weighted by atomic mass is 32.2. The summed E-state index contributed by atoms with van der Waals surface area (Å²) in [5, 5.41) is 3.33. The summed E-state index contributed by atoms with van der Waals surface area (Å²) in [7, 11) is 0. The zero-order chi connectivity index (χ0) is 19.5. The van der Waals surface area contributed by atoms with E-state index in [1.165, 1.54) is 0 Å². The van der Waals surface area contributed by atoms with E-state index in [2.05, 4.69) is 15.0 Å². The van der Waals surface area contributed by atoms with Gasteiger partial charge in [0.1, 0.15) is 11.4 Å². The van der Waals surface area contributed by atoms with Crippen LogP contribution in [0, 0.1) is 13.8 Å². The first-order chi connectivity index (χ1) is 13.6. The van der Waals surface area contributed by atoms with Crippen LogP contribution in [0.15, 0.2) is 77.7 Å². The summed E-state index contributed by atoms with van der Waals surface area (Å²) in [6.45, 7) is 4.02. The molecule has 0 aliphatic rings. The van der Waals surface area contributed by atoms with Crippen molar-refractivity contribution in [3.8, 4) is 0 Å². The summed E-state index contributed by atoms with van der Waals surface area (Å²) in [4.78, 5) is 10.0. The monoisotopic (exact) mass is 388 g/mol. The molecule has 0 bridgehead atoms. The predicted molar refractivity (Wildman–Crippen MR) is 115 cm³/mol. The molecule has 140 valence electrons. The SMILES string of the molecule is Cc1ccc([S@+]([O-])Nc2nc3ccccc3nc2Nc2ccccc2C)cc1. The minimum absolute atomic E-state index is 0.445. The molecular formula is C22H20N4OS. The molecule has 0 unspecified atom stereocenters. The maximum absolute atomic E-state index is 12.8. The smallest absolute Gasteiger partial charge is 0.214 e. The lowest BCUT2D eigenvalue weighted by Crippen LogP contribution is -2.16. The zero-order valence-corrected chi connectivity index (χ0v) is 16.5. The quantitative estimate of drug-likeness (QED) is 0.464. The van der Waals surface area contributed by atoms with Crippen molar-refractivity contribution in [2.45, 2.75) is 18.7 Å². The van der Waals surface area contributed by atoms with E-state index >= 15 is 0 Å². The molecule has 3 aromatic carbocycles. The number of rotatable bonds is 5. The van der Waals surface area contributed by atoms with E-state index in [0.29, 0.717) is 16.5 Å². The van der Waals surface area contributed by atoms with Crippen molar-refractivity contribution in [1.29, 1.82) is 0 Å². The van der Waals surface area contributed by atoms with Gasteiger partial charge < -0.3 is 9.87 Å². The first kappa shape index (κ1) is 18.3. The van der Waals surface area contributed by atoms with Gasteiger partial charge in [-0.3, -0.25) is 0 Å². The third-order valence-electron chi connectivity index (χ3n) is 4.39. The number of para-hydroxylation sites is 3. The molecular weight excluding hydrogens is 368 g/mol. The number of benzene rings is 3. The van der Waals surface area contributed by atoms with Crippen molar-refractivity contribution >= 4 is 39.7 Å². The number of aryl methyl sites for hydroxylation is 2. The lowest BCUT2D eigenvalue weighted by molar-refractivity contribution is 0.600. The highest BCUT2D eigenvalue weighted by Gasteiger charge is 2.18. The van der Waals surface area contributed by atoms with Gasteiger partial charge in [-0.05, 0) is 49.7 Å². The molecule has 0 spiro atoms. The van der Waals surface area contributed by atoms with Crippen LogP contribution in [0.2, 0.25) is 0 Å². The fourth-order valence-electron chi connectivity index (χ4n) is 2.81. The van der Waals surface area contributed by atoms with E-state index in [0.717, 1.165) is 27.8 Å². The standard InChI is InChI=1S/C22H20N4OS/c1-15-11-13-17(14-12-15)28(27)26-22-21(23-18-8-4-3-7-16(18)2)24-19-9-5-6-10-20(19)25-22/h3-14H,1-2H3,(H,23,24)(H,25,26)/t28-/m0/s1. The summed E-state index contributed by atoms with van der Waals surface area (Å²) in [5.74, 6) is 0.981. The summed E-state index contributed by atoms with van der Waals surface area (Å²) < 4.78 is 15.9. The number of hydrogen-bond donors (Lipinski definition) is 2. The molecule has 0 fully saturated rings. The van der Waals surface area contributed by atoms with Crippen LogP contribution >= 0.6 is 0 Å². The molecule has 1 aromatic heterocycles. The van der Waals surface area contributed by atoms with Crippen LogP contribution in [0.3, 0.4) is 0 Å². The van der Waals surface area contributed by atoms with Crippen molar-refractivity contribution in [1.82, 2.24) is 9.97 Å². The Morgan fingerprint density at radius 1 is 0.750 bits per heavy atom.